The number of nitrogens with one attached hydrogen (secondary N) is 1. The number of ether oxygens (including phenoxy) is 3. The summed E-state index contributed by atoms with van der Waals surface area (Å²) < 4.78 is 18.7. The lowest BCUT2D eigenvalue weighted by Gasteiger charge is -2.16. The van der Waals surface area contributed by atoms with Gasteiger partial charge in [-0.1, -0.05) is 55.5 Å². The summed E-state index contributed by atoms with van der Waals surface area (Å²) >= 11 is 1.35. The topological polar surface area (TPSA) is 93.5 Å². The van der Waals surface area contributed by atoms with Crippen LogP contribution < -0.4 is 19.5 Å². The molecular weight excluding hydrogens is 510 g/mol. The van der Waals surface area contributed by atoms with Gasteiger partial charge in [-0.15, -0.1) is 0 Å². The number of amides is 1. The Bertz CT molecular complexity index is 1500. The van der Waals surface area contributed by atoms with Gasteiger partial charge in [-0.25, -0.2) is 4.98 Å². The first-order valence-electron chi connectivity index (χ1n) is 12.8. The Morgan fingerprint density at radius 1 is 1.03 bits per heavy atom. The number of thiazole rings is 1. The molecular formula is C31H31N3O4S. The Labute approximate surface area is 232 Å². The Morgan fingerprint density at radius 2 is 1.79 bits per heavy atom. The number of aromatic nitrogens is 1. The van der Waals surface area contributed by atoms with Gasteiger partial charge in [-0.05, 0) is 72.9 Å². The highest BCUT2D eigenvalue weighted by atomic mass is 32.1. The number of aryl methyl sites for hydroxylation is 1. The first kappa shape index (κ1) is 27.7. The second-order valence-corrected chi connectivity index (χ2v) is 10.2. The number of nitrogens with zero attached hydrogens (tertiary/aromatic N) is 2. The summed E-state index contributed by atoms with van der Waals surface area (Å²) in [5.74, 6) is 1.78. The van der Waals surface area contributed by atoms with Crippen molar-refractivity contribution in [3.05, 3.63) is 82.9 Å². The largest absolute Gasteiger partial charge is 0.490 e. The van der Waals surface area contributed by atoms with Gasteiger partial charge in [0.2, 0.25) is 0 Å². The molecule has 1 aromatic heterocycles. The van der Waals surface area contributed by atoms with Crippen LogP contribution in [0.2, 0.25) is 0 Å². The summed E-state index contributed by atoms with van der Waals surface area (Å²) in [6.07, 6.45) is 1.52. The molecule has 0 aliphatic rings. The zero-order valence-corrected chi connectivity index (χ0v) is 23.3. The lowest BCUT2D eigenvalue weighted by atomic mass is 10.0. The van der Waals surface area contributed by atoms with Crippen LogP contribution in [0, 0.1) is 18.3 Å². The molecule has 0 fully saturated rings. The molecule has 1 heterocycles. The predicted molar refractivity (Wildman–Crippen MR) is 156 cm³/mol. The van der Waals surface area contributed by atoms with Gasteiger partial charge in [-0.3, -0.25) is 10.1 Å². The van der Waals surface area contributed by atoms with Crippen molar-refractivity contribution in [3.8, 4) is 23.3 Å². The minimum atomic E-state index is -0.524. The van der Waals surface area contributed by atoms with Crippen molar-refractivity contribution >= 4 is 38.7 Å². The van der Waals surface area contributed by atoms with Crippen LogP contribution in [0.15, 0.2) is 66.2 Å². The maximum absolute atomic E-state index is 12.8. The van der Waals surface area contributed by atoms with E-state index >= 15 is 0 Å². The number of hydrogen-bond donors (Lipinski definition) is 1. The van der Waals surface area contributed by atoms with E-state index in [9.17, 15) is 10.1 Å². The zero-order valence-electron chi connectivity index (χ0n) is 22.5. The zero-order chi connectivity index (χ0) is 27.8. The third-order valence-electron chi connectivity index (χ3n) is 5.85. The number of para-hydroxylation sites is 1. The molecule has 0 aliphatic heterocycles. The van der Waals surface area contributed by atoms with Gasteiger partial charge < -0.3 is 14.2 Å². The van der Waals surface area contributed by atoms with Crippen LogP contribution in [0.25, 0.3) is 16.3 Å². The van der Waals surface area contributed by atoms with E-state index in [1.807, 2.05) is 50.2 Å². The molecule has 0 bridgehead atoms. The number of anilines is 1. The van der Waals surface area contributed by atoms with Crippen LogP contribution in [0.4, 0.5) is 5.13 Å². The molecule has 3 aromatic carbocycles. The molecule has 0 saturated heterocycles. The first-order valence-corrected chi connectivity index (χ1v) is 13.6. The molecule has 1 amide bonds. The Balaban J connectivity index is 1.42. The van der Waals surface area contributed by atoms with Crippen molar-refractivity contribution in [1.29, 1.82) is 5.26 Å². The first-order chi connectivity index (χ1) is 18.9. The summed E-state index contributed by atoms with van der Waals surface area (Å²) in [6, 6.07) is 21.1. The van der Waals surface area contributed by atoms with Gasteiger partial charge in [0.15, 0.2) is 16.6 Å². The van der Waals surface area contributed by atoms with Crippen LogP contribution in [-0.4, -0.2) is 30.7 Å². The van der Waals surface area contributed by atoms with Crippen LogP contribution in [0.3, 0.4) is 0 Å². The van der Waals surface area contributed by atoms with Crippen molar-refractivity contribution < 1.29 is 19.0 Å². The van der Waals surface area contributed by atoms with Gasteiger partial charge in [0.1, 0.15) is 30.6 Å². The van der Waals surface area contributed by atoms with Crippen molar-refractivity contribution in [2.45, 2.75) is 33.6 Å². The Kier molecular flexibility index (Phi) is 9.18. The average Bonchev–Trinajstić information content (AvgIpc) is 3.33. The van der Waals surface area contributed by atoms with E-state index in [0.29, 0.717) is 47.9 Å². The molecule has 0 spiro atoms. The quantitative estimate of drug-likeness (QED) is 0.123. The normalized spacial score (nSPS) is 11.3. The number of carbonyl (C=O) groups excluding carboxylic acids is 1. The van der Waals surface area contributed by atoms with Crippen LogP contribution in [0.1, 0.15) is 43.4 Å². The number of hydrogen-bond acceptors (Lipinski definition) is 7. The molecule has 4 aromatic rings. The molecule has 39 heavy (non-hydrogen) atoms. The number of benzene rings is 3. The monoisotopic (exact) mass is 541 g/mol. The lowest BCUT2D eigenvalue weighted by Crippen LogP contribution is -2.13. The van der Waals surface area contributed by atoms with E-state index in [1.165, 1.54) is 17.4 Å². The summed E-state index contributed by atoms with van der Waals surface area (Å²) in [4.78, 5) is 17.2. The second-order valence-electron chi connectivity index (χ2n) is 9.14. The molecule has 200 valence electrons. The van der Waals surface area contributed by atoms with E-state index in [4.69, 9.17) is 14.2 Å². The average molecular weight is 542 g/mol. The lowest BCUT2D eigenvalue weighted by molar-refractivity contribution is -0.112. The van der Waals surface area contributed by atoms with E-state index in [1.54, 1.807) is 18.2 Å². The smallest absolute Gasteiger partial charge is 0.268 e. The van der Waals surface area contributed by atoms with Crippen molar-refractivity contribution in [1.82, 2.24) is 4.98 Å². The highest BCUT2D eigenvalue weighted by Crippen LogP contribution is 2.31. The van der Waals surface area contributed by atoms with Gasteiger partial charge in [0, 0.05) is 0 Å². The highest BCUT2D eigenvalue weighted by molar-refractivity contribution is 7.22. The number of rotatable bonds is 11. The molecule has 0 saturated carbocycles. The van der Waals surface area contributed by atoms with E-state index in [2.05, 4.69) is 36.3 Å². The van der Waals surface area contributed by atoms with E-state index in [0.717, 1.165) is 27.1 Å². The van der Waals surface area contributed by atoms with Gasteiger partial charge in [0.05, 0.1) is 16.8 Å². The van der Waals surface area contributed by atoms with Gasteiger partial charge in [0.25, 0.3) is 5.91 Å². The minimum absolute atomic E-state index is 0.0436. The molecule has 0 unspecified atom stereocenters. The summed E-state index contributed by atoms with van der Waals surface area (Å²) in [5.41, 5.74) is 3.69. The number of fused-ring (bicyclic) bond motifs is 1. The predicted octanol–water partition coefficient (Wildman–Crippen LogP) is 7.13. The minimum Gasteiger partial charge on any atom is -0.490 e. The molecule has 0 radical (unpaired) electrons. The Morgan fingerprint density at radius 3 is 2.51 bits per heavy atom. The van der Waals surface area contributed by atoms with Crippen LogP contribution >= 0.6 is 11.3 Å². The SMILES string of the molecule is CCOc1cc(C=C(C#N)C(=O)Nc2nc3ccccc3s2)ccc1OCCOc1cc(C)ccc1C(C)C. The fourth-order valence-corrected chi connectivity index (χ4v) is 4.82. The Hall–Kier alpha value is -4.35. The molecule has 0 atom stereocenters. The van der Waals surface area contributed by atoms with Gasteiger partial charge in [-0.2, -0.15) is 5.26 Å². The van der Waals surface area contributed by atoms with Crippen LogP contribution in [-0.2, 0) is 4.79 Å². The number of nitriles is 1. The summed E-state index contributed by atoms with van der Waals surface area (Å²) in [6.45, 7) is 9.34. The van der Waals surface area contributed by atoms with E-state index < -0.39 is 5.91 Å². The van der Waals surface area contributed by atoms with Crippen LogP contribution in [0.5, 0.6) is 17.2 Å². The van der Waals surface area contributed by atoms with Crippen molar-refractivity contribution in [2.75, 3.05) is 25.1 Å². The number of carbonyl (C=O) groups is 1. The summed E-state index contributed by atoms with van der Waals surface area (Å²) in [5, 5.41) is 12.8. The summed E-state index contributed by atoms with van der Waals surface area (Å²) in [7, 11) is 0. The molecule has 4 rings (SSSR count). The fourth-order valence-electron chi connectivity index (χ4n) is 3.95. The van der Waals surface area contributed by atoms with E-state index in [-0.39, 0.29) is 5.57 Å². The standard InChI is InChI=1S/C31H31N3O4S/c1-5-36-28-18-22(17-23(19-32)30(35)34-31-33-25-8-6-7-9-29(25)39-31)11-13-26(28)37-14-15-38-27-16-21(4)10-12-24(27)20(2)3/h6-13,16-18,20H,5,14-15H2,1-4H3,(H,33,34,35). The third kappa shape index (κ3) is 7.15. The van der Waals surface area contributed by atoms with Gasteiger partial charge >= 0.3 is 0 Å². The molecule has 0 aliphatic carbocycles. The third-order valence-corrected chi connectivity index (χ3v) is 6.80. The fraction of sp³-hybridized carbons (Fsp3) is 0.258. The molecule has 7 nitrogen and oxygen atoms in total. The molecule has 8 heteroatoms. The molecule has 1 N–H and O–H groups in total. The van der Waals surface area contributed by atoms with Crippen molar-refractivity contribution in [2.24, 2.45) is 0 Å². The second kappa shape index (κ2) is 12.9. The maximum atomic E-state index is 12.8. The van der Waals surface area contributed by atoms with Crippen molar-refractivity contribution in [3.63, 3.8) is 0 Å². The highest BCUT2D eigenvalue weighted by Gasteiger charge is 2.14. The maximum Gasteiger partial charge on any atom is 0.268 e.